The normalized spacial score (nSPS) is 11.7. The van der Waals surface area contributed by atoms with Gasteiger partial charge in [-0.05, 0) is 18.6 Å². The van der Waals surface area contributed by atoms with E-state index in [0.29, 0.717) is 47.0 Å². The van der Waals surface area contributed by atoms with Gasteiger partial charge in [0.05, 0.1) is 12.6 Å². The minimum Gasteiger partial charge on any atom is -0.396 e. The number of aryl methyl sites for hydroxylation is 1. The minimum absolute atomic E-state index is 0.0789. The van der Waals surface area contributed by atoms with Gasteiger partial charge in [0.2, 0.25) is 10.0 Å². The average Bonchev–Trinajstić information content (AvgIpc) is 2.95. The summed E-state index contributed by atoms with van der Waals surface area (Å²) in [6.07, 6.45) is 3.34. The number of aliphatic hydroxyl groups is 1. The zero-order chi connectivity index (χ0) is 18.7. The molecule has 0 aliphatic rings. The number of aliphatic hydroxyl groups excluding tert-OH is 1. The number of rotatable bonds is 7. The standard InChI is InChI=1S/C16H20N6O3S/c1-22-10-18-13-15(17-7-4-8-23)19-14(20-16(13)22)11-5-3-6-12(9-11)21-26(2,24)25/h3,5-6,9-10,21,23H,4,7-8H2,1-2H3,(H,17,19,20). The Bertz CT molecular complexity index is 1030. The van der Waals surface area contributed by atoms with Crippen molar-refractivity contribution in [3.63, 3.8) is 0 Å². The molecule has 0 amide bonds. The fourth-order valence-electron chi connectivity index (χ4n) is 2.48. The molecule has 2 heterocycles. The third-order valence-corrected chi connectivity index (χ3v) is 4.22. The van der Waals surface area contributed by atoms with Crippen molar-refractivity contribution < 1.29 is 13.5 Å². The first-order chi connectivity index (χ1) is 12.4. The molecule has 26 heavy (non-hydrogen) atoms. The van der Waals surface area contributed by atoms with Crippen LogP contribution in [-0.2, 0) is 17.1 Å². The van der Waals surface area contributed by atoms with E-state index in [-0.39, 0.29) is 6.61 Å². The molecule has 0 spiro atoms. The van der Waals surface area contributed by atoms with Crippen LogP contribution in [0.25, 0.3) is 22.6 Å². The van der Waals surface area contributed by atoms with E-state index in [9.17, 15) is 8.42 Å². The van der Waals surface area contributed by atoms with Crippen molar-refractivity contribution in [2.75, 3.05) is 29.4 Å². The van der Waals surface area contributed by atoms with Gasteiger partial charge >= 0.3 is 0 Å². The topological polar surface area (TPSA) is 122 Å². The predicted molar refractivity (Wildman–Crippen MR) is 100 cm³/mol. The van der Waals surface area contributed by atoms with Gasteiger partial charge in [0.1, 0.15) is 5.52 Å². The molecular formula is C16H20N6O3S. The number of nitrogens with zero attached hydrogens (tertiary/aromatic N) is 4. The van der Waals surface area contributed by atoms with Crippen LogP contribution in [0.15, 0.2) is 30.6 Å². The van der Waals surface area contributed by atoms with E-state index in [1.54, 1.807) is 29.1 Å². The Labute approximate surface area is 151 Å². The highest BCUT2D eigenvalue weighted by atomic mass is 32.2. The van der Waals surface area contributed by atoms with Crippen molar-refractivity contribution in [1.82, 2.24) is 19.5 Å². The molecule has 10 heteroatoms. The highest BCUT2D eigenvalue weighted by Gasteiger charge is 2.14. The Hall–Kier alpha value is -2.72. The lowest BCUT2D eigenvalue weighted by atomic mass is 10.2. The Balaban J connectivity index is 2.04. The quantitative estimate of drug-likeness (QED) is 0.530. The average molecular weight is 376 g/mol. The Kier molecular flexibility index (Phi) is 5.05. The van der Waals surface area contributed by atoms with Crippen LogP contribution < -0.4 is 10.0 Å². The van der Waals surface area contributed by atoms with Crippen LogP contribution in [0.4, 0.5) is 11.5 Å². The second-order valence-corrected chi connectivity index (χ2v) is 7.63. The summed E-state index contributed by atoms with van der Waals surface area (Å²) in [5.41, 5.74) is 2.41. The van der Waals surface area contributed by atoms with Crippen molar-refractivity contribution in [2.45, 2.75) is 6.42 Å². The van der Waals surface area contributed by atoms with Gasteiger partial charge in [-0.2, -0.15) is 0 Å². The number of nitrogens with one attached hydrogen (secondary N) is 2. The van der Waals surface area contributed by atoms with E-state index in [4.69, 9.17) is 5.11 Å². The minimum atomic E-state index is -3.37. The maximum atomic E-state index is 11.4. The Morgan fingerprint density at radius 1 is 1.27 bits per heavy atom. The molecule has 0 aliphatic carbocycles. The van der Waals surface area contributed by atoms with Gasteiger partial charge in [-0.3, -0.25) is 4.72 Å². The summed E-state index contributed by atoms with van der Waals surface area (Å²) < 4.78 is 27.1. The zero-order valence-electron chi connectivity index (χ0n) is 14.5. The first-order valence-electron chi connectivity index (χ1n) is 7.99. The van der Waals surface area contributed by atoms with Crippen LogP contribution in [0.5, 0.6) is 0 Å². The number of benzene rings is 1. The van der Waals surface area contributed by atoms with Gasteiger partial charge in [0.15, 0.2) is 17.3 Å². The van der Waals surface area contributed by atoms with Crippen LogP contribution in [0, 0.1) is 0 Å². The van der Waals surface area contributed by atoms with Crippen LogP contribution in [0.2, 0.25) is 0 Å². The molecule has 0 fully saturated rings. The summed E-state index contributed by atoms with van der Waals surface area (Å²) >= 11 is 0. The molecule has 9 nitrogen and oxygen atoms in total. The lowest BCUT2D eigenvalue weighted by Crippen LogP contribution is -2.10. The van der Waals surface area contributed by atoms with Gasteiger partial charge in [0, 0.05) is 31.5 Å². The van der Waals surface area contributed by atoms with Gasteiger partial charge < -0.3 is 15.0 Å². The Morgan fingerprint density at radius 3 is 2.81 bits per heavy atom. The molecule has 0 bridgehead atoms. The molecule has 2 aromatic heterocycles. The van der Waals surface area contributed by atoms with E-state index in [2.05, 4.69) is 25.0 Å². The summed E-state index contributed by atoms with van der Waals surface area (Å²) in [5, 5.41) is 12.1. The molecular weight excluding hydrogens is 356 g/mol. The summed E-state index contributed by atoms with van der Waals surface area (Å²) in [6, 6.07) is 6.88. The van der Waals surface area contributed by atoms with Gasteiger partial charge in [-0.15, -0.1) is 0 Å². The highest BCUT2D eigenvalue weighted by Crippen LogP contribution is 2.25. The lowest BCUT2D eigenvalue weighted by molar-refractivity contribution is 0.292. The molecule has 0 unspecified atom stereocenters. The van der Waals surface area contributed by atoms with Crippen molar-refractivity contribution in [3.8, 4) is 11.4 Å². The van der Waals surface area contributed by atoms with Gasteiger partial charge in [-0.25, -0.2) is 23.4 Å². The maximum absolute atomic E-state index is 11.4. The van der Waals surface area contributed by atoms with Crippen LogP contribution in [0.3, 0.4) is 0 Å². The van der Waals surface area contributed by atoms with Crippen molar-refractivity contribution >= 4 is 32.7 Å². The predicted octanol–water partition coefficient (Wildman–Crippen LogP) is 1.20. The summed E-state index contributed by atoms with van der Waals surface area (Å²) in [6.45, 7) is 0.629. The fraction of sp³-hybridized carbons (Fsp3) is 0.312. The summed E-state index contributed by atoms with van der Waals surface area (Å²) in [4.78, 5) is 13.4. The fourth-order valence-corrected chi connectivity index (χ4v) is 3.04. The van der Waals surface area contributed by atoms with E-state index < -0.39 is 10.0 Å². The Morgan fingerprint density at radius 2 is 2.08 bits per heavy atom. The smallest absolute Gasteiger partial charge is 0.229 e. The van der Waals surface area contributed by atoms with E-state index in [1.165, 1.54) is 0 Å². The molecule has 3 N–H and O–H groups in total. The van der Waals surface area contributed by atoms with Crippen LogP contribution >= 0.6 is 0 Å². The van der Waals surface area contributed by atoms with E-state index in [0.717, 1.165) is 6.26 Å². The monoisotopic (exact) mass is 376 g/mol. The second-order valence-electron chi connectivity index (χ2n) is 5.88. The maximum Gasteiger partial charge on any atom is 0.229 e. The number of hydrogen-bond acceptors (Lipinski definition) is 7. The number of aromatic nitrogens is 4. The number of fused-ring (bicyclic) bond motifs is 1. The zero-order valence-corrected chi connectivity index (χ0v) is 15.3. The molecule has 0 atom stereocenters. The van der Waals surface area contributed by atoms with Crippen LogP contribution in [0.1, 0.15) is 6.42 Å². The summed E-state index contributed by atoms with van der Waals surface area (Å²) in [5.74, 6) is 1.02. The lowest BCUT2D eigenvalue weighted by Gasteiger charge is -2.10. The SMILES string of the molecule is Cn1cnc2c(NCCCO)nc(-c3cccc(NS(C)(=O)=O)c3)nc21. The molecule has 3 rings (SSSR count). The van der Waals surface area contributed by atoms with Crippen molar-refractivity contribution in [2.24, 2.45) is 7.05 Å². The van der Waals surface area contributed by atoms with E-state index >= 15 is 0 Å². The first-order valence-corrected chi connectivity index (χ1v) is 9.88. The number of hydrogen-bond donors (Lipinski definition) is 3. The number of sulfonamides is 1. The highest BCUT2D eigenvalue weighted by molar-refractivity contribution is 7.92. The van der Waals surface area contributed by atoms with E-state index in [1.807, 2.05) is 13.1 Å². The molecule has 0 saturated carbocycles. The summed E-state index contributed by atoms with van der Waals surface area (Å²) in [7, 11) is -1.53. The van der Waals surface area contributed by atoms with Crippen molar-refractivity contribution in [3.05, 3.63) is 30.6 Å². The molecule has 138 valence electrons. The van der Waals surface area contributed by atoms with Crippen LogP contribution in [-0.4, -0.2) is 52.5 Å². The number of anilines is 2. The second kappa shape index (κ2) is 7.26. The first kappa shape index (κ1) is 18.1. The molecule has 1 aromatic carbocycles. The molecule has 3 aromatic rings. The van der Waals surface area contributed by atoms with Gasteiger partial charge in [0.25, 0.3) is 0 Å². The third-order valence-electron chi connectivity index (χ3n) is 3.61. The number of imidazole rings is 1. The largest absolute Gasteiger partial charge is 0.396 e. The van der Waals surface area contributed by atoms with Crippen molar-refractivity contribution in [1.29, 1.82) is 0 Å². The molecule has 0 saturated heterocycles. The molecule has 0 radical (unpaired) electrons. The third kappa shape index (κ3) is 4.09. The van der Waals surface area contributed by atoms with Gasteiger partial charge in [-0.1, -0.05) is 12.1 Å². The molecule has 0 aliphatic heterocycles.